The Labute approximate surface area is 151 Å². The maximum absolute atomic E-state index is 6.28. The van der Waals surface area contributed by atoms with Gasteiger partial charge in [-0.05, 0) is 37.9 Å². The molecule has 0 saturated carbocycles. The van der Waals surface area contributed by atoms with Crippen molar-refractivity contribution >= 4 is 0 Å². The van der Waals surface area contributed by atoms with Crippen molar-refractivity contribution in [1.82, 2.24) is 4.90 Å². The van der Waals surface area contributed by atoms with Gasteiger partial charge in [-0.3, -0.25) is 4.90 Å². The Morgan fingerprint density at radius 2 is 1.96 bits per heavy atom. The molecule has 1 aliphatic heterocycles. The summed E-state index contributed by atoms with van der Waals surface area (Å²) in [5, 5.41) is 0. The molecule has 2 unspecified atom stereocenters. The van der Waals surface area contributed by atoms with Crippen molar-refractivity contribution in [1.29, 1.82) is 0 Å². The highest BCUT2D eigenvalue weighted by Gasteiger charge is 2.31. The van der Waals surface area contributed by atoms with Crippen LogP contribution in [0.1, 0.15) is 41.9 Å². The number of nitrogens with two attached hydrogens (primary N) is 1. The highest BCUT2D eigenvalue weighted by Crippen LogP contribution is 2.35. The summed E-state index contributed by atoms with van der Waals surface area (Å²) >= 11 is 0. The average Bonchev–Trinajstić information content (AvgIpc) is 2.65. The predicted molar refractivity (Wildman–Crippen MR) is 104 cm³/mol. The standard InChI is InChI=1S/C22H30N2O/c1-17-11-12-22(25-2)19(14-17)20(15-23)21-10-6-7-13-24(21)16-18-8-4-3-5-9-18/h3-5,8-9,11-12,14,20-21H,6-7,10,13,15-16,23H2,1-2H3. The average molecular weight is 338 g/mol. The molecule has 3 rings (SSSR count). The van der Waals surface area contributed by atoms with E-state index in [1.165, 1.54) is 36.0 Å². The van der Waals surface area contributed by atoms with E-state index < -0.39 is 0 Å². The fourth-order valence-electron chi connectivity index (χ4n) is 4.12. The third kappa shape index (κ3) is 4.23. The van der Waals surface area contributed by atoms with E-state index in [1.54, 1.807) is 7.11 Å². The lowest BCUT2D eigenvalue weighted by atomic mass is 9.84. The third-order valence-corrected chi connectivity index (χ3v) is 5.40. The molecule has 2 aromatic rings. The largest absolute Gasteiger partial charge is 0.496 e. The number of nitrogens with zero attached hydrogens (tertiary/aromatic N) is 1. The van der Waals surface area contributed by atoms with Crippen molar-refractivity contribution in [2.75, 3.05) is 20.2 Å². The lowest BCUT2D eigenvalue weighted by molar-refractivity contribution is 0.118. The molecule has 0 radical (unpaired) electrons. The van der Waals surface area contributed by atoms with E-state index >= 15 is 0 Å². The van der Waals surface area contributed by atoms with Crippen LogP contribution in [0.15, 0.2) is 48.5 Å². The number of piperidine rings is 1. The fraction of sp³-hybridized carbons (Fsp3) is 0.455. The van der Waals surface area contributed by atoms with Crippen molar-refractivity contribution in [3.63, 3.8) is 0 Å². The monoisotopic (exact) mass is 338 g/mol. The van der Waals surface area contributed by atoms with E-state index in [4.69, 9.17) is 10.5 Å². The first-order chi connectivity index (χ1) is 12.2. The first kappa shape index (κ1) is 18.0. The number of ether oxygens (including phenoxy) is 1. The molecule has 3 heteroatoms. The van der Waals surface area contributed by atoms with E-state index in [2.05, 4.69) is 60.4 Å². The molecular formula is C22H30N2O. The van der Waals surface area contributed by atoms with Gasteiger partial charge in [0.15, 0.2) is 0 Å². The molecule has 0 amide bonds. The predicted octanol–water partition coefficient (Wildman–Crippen LogP) is 4.10. The van der Waals surface area contributed by atoms with Gasteiger partial charge in [0.05, 0.1) is 7.11 Å². The Bertz CT molecular complexity index is 671. The number of hydrogen-bond acceptors (Lipinski definition) is 3. The molecule has 1 fully saturated rings. The second kappa shape index (κ2) is 8.50. The van der Waals surface area contributed by atoms with Crippen molar-refractivity contribution < 1.29 is 4.74 Å². The maximum Gasteiger partial charge on any atom is 0.122 e. The Morgan fingerprint density at radius 1 is 1.16 bits per heavy atom. The quantitative estimate of drug-likeness (QED) is 0.862. The molecule has 2 atom stereocenters. The molecule has 0 spiro atoms. The molecule has 3 nitrogen and oxygen atoms in total. The highest BCUT2D eigenvalue weighted by molar-refractivity contribution is 5.40. The van der Waals surface area contributed by atoms with Gasteiger partial charge in [-0.2, -0.15) is 0 Å². The number of likely N-dealkylation sites (tertiary alicyclic amines) is 1. The van der Waals surface area contributed by atoms with Gasteiger partial charge in [0.1, 0.15) is 5.75 Å². The second-order valence-corrected chi connectivity index (χ2v) is 7.11. The van der Waals surface area contributed by atoms with Crippen molar-refractivity contribution in [3.05, 3.63) is 65.2 Å². The normalized spacial score (nSPS) is 19.6. The minimum absolute atomic E-state index is 0.305. The Kier molecular flexibility index (Phi) is 6.11. The first-order valence-corrected chi connectivity index (χ1v) is 9.35. The highest BCUT2D eigenvalue weighted by atomic mass is 16.5. The minimum atomic E-state index is 0.305. The van der Waals surface area contributed by atoms with Gasteiger partial charge in [-0.15, -0.1) is 0 Å². The fourth-order valence-corrected chi connectivity index (χ4v) is 4.12. The van der Waals surface area contributed by atoms with Crippen molar-refractivity contribution in [2.45, 2.75) is 44.7 Å². The molecule has 25 heavy (non-hydrogen) atoms. The summed E-state index contributed by atoms with van der Waals surface area (Å²) in [4.78, 5) is 2.62. The van der Waals surface area contributed by atoms with Crippen LogP contribution in [-0.2, 0) is 6.54 Å². The zero-order chi connectivity index (χ0) is 17.6. The van der Waals surface area contributed by atoms with E-state index in [1.807, 2.05) is 0 Å². The minimum Gasteiger partial charge on any atom is -0.496 e. The van der Waals surface area contributed by atoms with Crippen LogP contribution in [0.4, 0.5) is 0 Å². The van der Waals surface area contributed by atoms with Gasteiger partial charge in [-0.25, -0.2) is 0 Å². The number of methoxy groups -OCH3 is 1. The number of aryl methyl sites for hydroxylation is 1. The van der Waals surface area contributed by atoms with Crippen LogP contribution >= 0.6 is 0 Å². The summed E-state index contributed by atoms with van der Waals surface area (Å²) in [6.45, 7) is 4.93. The summed E-state index contributed by atoms with van der Waals surface area (Å²) in [5.41, 5.74) is 10.2. The Hall–Kier alpha value is -1.84. The van der Waals surface area contributed by atoms with Crippen LogP contribution in [0, 0.1) is 6.92 Å². The summed E-state index contributed by atoms with van der Waals surface area (Å²) < 4.78 is 5.65. The molecule has 134 valence electrons. The zero-order valence-corrected chi connectivity index (χ0v) is 15.4. The second-order valence-electron chi connectivity index (χ2n) is 7.11. The first-order valence-electron chi connectivity index (χ1n) is 9.35. The van der Waals surface area contributed by atoms with Crippen LogP contribution in [0.5, 0.6) is 5.75 Å². The number of benzene rings is 2. The van der Waals surface area contributed by atoms with Gasteiger partial charge in [0, 0.05) is 30.6 Å². The van der Waals surface area contributed by atoms with Crippen LogP contribution in [0.3, 0.4) is 0 Å². The van der Waals surface area contributed by atoms with Gasteiger partial charge in [0.2, 0.25) is 0 Å². The number of hydrogen-bond donors (Lipinski definition) is 1. The smallest absolute Gasteiger partial charge is 0.122 e. The maximum atomic E-state index is 6.28. The van der Waals surface area contributed by atoms with Gasteiger partial charge < -0.3 is 10.5 Å². The Balaban J connectivity index is 1.88. The molecule has 0 bridgehead atoms. The molecule has 2 aromatic carbocycles. The Morgan fingerprint density at radius 3 is 2.68 bits per heavy atom. The van der Waals surface area contributed by atoms with Gasteiger partial charge in [-0.1, -0.05) is 54.4 Å². The molecule has 1 saturated heterocycles. The van der Waals surface area contributed by atoms with E-state index in [-0.39, 0.29) is 0 Å². The molecular weight excluding hydrogens is 308 g/mol. The van der Waals surface area contributed by atoms with Crippen molar-refractivity contribution in [2.24, 2.45) is 5.73 Å². The molecule has 2 N–H and O–H groups in total. The lowest BCUT2D eigenvalue weighted by Gasteiger charge is -2.41. The third-order valence-electron chi connectivity index (χ3n) is 5.40. The summed E-state index contributed by atoms with van der Waals surface area (Å²) in [7, 11) is 1.75. The van der Waals surface area contributed by atoms with Crippen LogP contribution in [-0.4, -0.2) is 31.1 Å². The van der Waals surface area contributed by atoms with E-state index in [0.29, 0.717) is 18.5 Å². The van der Waals surface area contributed by atoms with E-state index in [9.17, 15) is 0 Å². The van der Waals surface area contributed by atoms with Crippen LogP contribution < -0.4 is 10.5 Å². The topological polar surface area (TPSA) is 38.5 Å². The molecule has 0 aliphatic carbocycles. The SMILES string of the molecule is COc1ccc(C)cc1C(CN)C1CCCCN1Cc1ccccc1. The summed E-state index contributed by atoms with van der Waals surface area (Å²) in [5.74, 6) is 1.27. The summed E-state index contributed by atoms with van der Waals surface area (Å²) in [6, 6.07) is 17.7. The van der Waals surface area contributed by atoms with Crippen LogP contribution in [0.25, 0.3) is 0 Å². The van der Waals surface area contributed by atoms with Gasteiger partial charge in [0.25, 0.3) is 0 Å². The van der Waals surface area contributed by atoms with Crippen molar-refractivity contribution in [3.8, 4) is 5.75 Å². The summed E-state index contributed by atoms with van der Waals surface area (Å²) in [6.07, 6.45) is 3.75. The van der Waals surface area contributed by atoms with Crippen LogP contribution in [0.2, 0.25) is 0 Å². The zero-order valence-electron chi connectivity index (χ0n) is 15.4. The van der Waals surface area contributed by atoms with E-state index in [0.717, 1.165) is 18.8 Å². The molecule has 0 aromatic heterocycles. The number of rotatable bonds is 6. The van der Waals surface area contributed by atoms with Gasteiger partial charge >= 0.3 is 0 Å². The lowest BCUT2D eigenvalue weighted by Crippen LogP contribution is -2.44. The molecule has 1 aliphatic rings. The molecule has 1 heterocycles.